The monoisotopic (exact) mass is 345 g/mol. The number of carbonyl (C=O) groups excluding carboxylic acids is 1. The van der Waals surface area contributed by atoms with Crippen molar-refractivity contribution in [3.05, 3.63) is 59.1 Å². The van der Waals surface area contributed by atoms with Crippen LogP contribution in [-0.2, 0) is 11.3 Å². The van der Waals surface area contributed by atoms with Gasteiger partial charge in [-0.05, 0) is 42.7 Å². The van der Waals surface area contributed by atoms with Gasteiger partial charge in [0, 0.05) is 12.6 Å². The van der Waals surface area contributed by atoms with E-state index in [2.05, 4.69) is 0 Å². The molecule has 0 bridgehead atoms. The average molecular weight is 346 g/mol. The highest BCUT2D eigenvalue weighted by Crippen LogP contribution is 2.29. The van der Waals surface area contributed by atoms with E-state index >= 15 is 0 Å². The van der Waals surface area contributed by atoms with Crippen LogP contribution in [0.15, 0.2) is 48.5 Å². The van der Waals surface area contributed by atoms with Crippen LogP contribution in [0, 0.1) is 0 Å². The molecule has 1 saturated carbocycles. The number of halogens is 1. The van der Waals surface area contributed by atoms with E-state index in [4.69, 9.17) is 21.1 Å². The first-order chi connectivity index (χ1) is 11.7. The predicted molar refractivity (Wildman–Crippen MR) is 93.5 cm³/mol. The first-order valence-corrected chi connectivity index (χ1v) is 8.35. The first-order valence-electron chi connectivity index (χ1n) is 7.97. The number of hydrogen-bond donors (Lipinski definition) is 0. The lowest BCUT2D eigenvalue weighted by Crippen LogP contribution is -2.36. The summed E-state index contributed by atoms with van der Waals surface area (Å²) in [4.78, 5) is 14.5. The van der Waals surface area contributed by atoms with Crippen LogP contribution in [0.25, 0.3) is 0 Å². The fourth-order valence-corrected chi connectivity index (χ4v) is 2.71. The molecule has 0 unspecified atom stereocenters. The molecule has 0 heterocycles. The minimum atomic E-state index is -0.0202. The van der Waals surface area contributed by atoms with Crippen LogP contribution >= 0.6 is 11.6 Å². The second-order valence-corrected chi connectivity index (χ2v) is 6.23. The molecule has 1 aliphatic carbocycles. The Labute approximate surface area is 146 Å². The maximum absolute atomic E-state index is 12.6. The molecule has 1 fully saturated rings. The van der Waals surface area contributed by atoms with E-state index in [9.17, 15) is 4.79 Å². The van der Waals surface area contributed by atoms with Gasteiger partial charge < -0.3 is 14.4 Å². The van der Waals surface area contributed by atoms with E-state index in [-0.39, 0.29) is 12.5 Å². The van der Waals surface area contributed by atoms with Crippen molar-refractivity contribution < 1.29 is 14.3 Å². The van der Waals surface area contributed by atoms with E-state index in [1.165, 1.54) is 0 Å². The molecule has 0 radical (unpaired) electrons. The van der Waals surface area contributed by atoms with Crippen LogP contribution in [0.1, 0.15) is 18.4 Å². The van der Waals surface area contributed by atoms with Gasteiger partial charge in [0.15, 0.2) is 6.61 Å². The summed E-state index contributed by atoms with van der Waals surface area (Å²) in [7, 11) is 1.64. The zero-order valence-corrected chi connectivity index (χ0v) is 14.3. The number of benzene rings is 2. The number of hydrogen-bond acceptors (Lipinski definition) is 3. The smallest absolute Gasteiger partial charge is 0.261 e. The molecule has 5 heteroatoms. The molecule has 126 valence electrons. The minimum Gasteiger partial charge on any atom is -0.497 e. The fourth-order valence-electron chi connectivity index (χ4n) is 2.52. The third-order valence-electron chi connectivity index (χ3n) is 4.01. The Morgan fingerprint density at radius 2 is 1.88 bits per heavy atom. The number of rotatable bonds is 7. The summed E-state index contributed by atoms with van der Waals surface area (Å²) >= 11 is 6.06. The lowest BCUT2D eigenvalue weighted by Gasteiger charge is -2.23. The Kier molecular flexibility index (Phi) is 5.26. The average Bonchev–Trinajstić information content (AvgIpc) is 3.44. The molecule has 0 aromatic heterocycles. The van der Waals surface area contributed by atoms with Crippen molar-refractivity contribution in [2.24, 2.45) is 0 Å². The minimum absolute atomic E-state index is 0.00358. The van der Waals surface area contributed by atoms with Gasteiger partial charge in [-0.15, -0.1) is 0 Å². The Bertz CT molecular complexity index is 698. The van der Waals surface area contributed by atoms with Crippen molar-refractivity contribution >= 4 is 17.5 Å². The summed E-state index contributed by atoms with van der Waals surface area (Å²) in [5.74, 6) is 1.33. The Morgan fingerprint density at radius 1 is 1.17 bits per heavy atom. The molecular weight excluding hydrogens is 326 g/mol. The van der Waals surface area contributed by atoms with Crippen molar-refractivity contribution in [2.75, 3.05) is 13.7 Å². The van der Waals surface area contributed by atoms with Gasteiger partial charge in [0.25, 0.3) is 5.91 Å². The molecule has 2 aromatic carbocycles. The predicted octanol–water partition coefficient (Wildman–Crippen LogP) is 3.92. The second-order valence-electron chi connectivity index (χ2n) is 5.82. The van der Waals surface area contributed by atoms with E-state index in [1.807, 2.05) is 41.3 Å². The summed E-state index contributed by atoms with van der Waals surface area (Å²) in [6.07, 6.45) is 2.10. The number of ether oxygens (including phenoxy) is 2. The molecule has 0 aliphatic heterocycles. The molecule has 3 rings (SSSR count). The Balaban J connectivity index is 1.62. The number of carbonyl (C=O) groups is 1. The first kappa shape index (κ1) is 16.7. The molecule has 1 amide bonds. The second kappa shape index (κ2) is 7.58. The molecule has 24 heavy (non-hydrogen) atoms. The molecule has 0 atom stereocenters. The van der Waals surface area contributed by atoms with Gasteiger partial charge in [0.1, 0.15) is 11.5 Å². The highest BCUT2D eigenvalue weighted by Gasteiger charge is 2.32. The van der Waals surface area contributed by atoms with E-state index in [1.54, 1.807) is 19.2 Å². The van der Waals surface area contributed by atoms with Crippen LogP contribution in [0.5, 0.6) is 11.5 Å². The quantitative estimate of drug-likeness (QED) is 0.763. The van der Waals surface area contributed by atoms with E-state index < -0.39 is 0 Å². The van der Waals surface area contributed by atoms with Gasteiger partial charge in [-0.25, -0.2) is 0 Å². The Hall–Kier alpha value is -2.20. The zero-order valence-electron chi connectivity index (χ0n) is 13.6. The fraction of sp³-hybridized carbons (Fsp3) is 0.316. The van der Waals surface area contributed by atoms with Crippen LogP contribution in [0.3, 0.4) is 0 Å². The van der Waals surface area contributed by atoms with Crippen LogP contribution in [-0.4, -0.2) is 30.6 Å². The van der Waals surface area contributed by atoms with Crippen LogP contribution < -0.4 is 9.47 Å². The standard InChI is InChI=1S/C19H20ClNO3/c1-23-16-10-6-14(7-11-16)12-21(15-8-9-15)19(22)13-24-18-5-3-2-4-17(18)20/h2-7,10-11,15H,8-9,12-13H2,1H3. The van der Waals surface area contributed by atoms with Crippen molar-refractivity contribution in [3.8, 4) is 11.5 Å². The van der Waals surface area contributed by atoms with Gasteiger partial charge in [0.2, 0.25) is 0 Å². The van der Waals surface area contributed by atoms with Crippen molar-refractivity contribution in [1.82, 2.24) is 4.90 Å². The molecule has 4 nitrogen and oxygen atoms in total. The zero-order chi connectivity index (χ0) is 16.9. The summed E-state index contributed by atoms with van der Waals surface area (Å²) in [6, 6.07) is 15.3. The lowest BCUT2D eigenvalue weighted by atomic mass is 10.2. The maximum Gasteiger partial charge on any atom is 0.261 e. The highest BCUT2D eigenvalue weighted by atomic mass is 35.5. The van der Waals surface area contributed by atoms with Crippen LogP contribution in [0.4, 0.5) is 0 Å². The largest absolute Gasteiger partial charge is 0.497 e. The summed E-state index contributed by atoms with van der Waals surface area (Å²) in [6.45, 7) is 0.579. The molecule has 2 aromatic rings. The topological polar surface area (TPSA) is 38.8 Å². The van der Waals surface area contributed by atoms with Crippen molar-refractivity contribution in [3.63, 3.8) is 0 Å². The highest BCUT2D eigenvalue weighted by molar-refractivity contribution is 6.32. The summed E-state index contributed by atoms with van der Waals surface area (Å²) < 4.78 is 10.8. The number of nitrogens with zero attached hydrogens (tertiary/aromatic N) is 1. The van der Waals surface area contributed by atoms with Gasteiger partial charge in [-0.3, -0.25) is 4.79 Å². The summed E-state index contributed by atoms with van der Waals surface area (Å²) in [5.41, 5.74) is 1.08. The van der Waals surface area contributed by atoms with Crippen molar-refractivity contribution in [1.29, 1.82) is 0 Å². The van der Waals surface area contributed by atoms with Gasteiger partial charge in [-0.1, -0.05) is 35.9 Å². The van der Waals surface area contributed by atoms with Gasteiger partial charge in [-0.2, -0.15) is 0 Å². The van der Waals surface area contributed by atoms with Crippen molar-refractivity contribution in [2.45, 2.75) is 25.4 Å². The van der Waals surface area contributed by atoms with Gasteiger partial charge >= 0.3 is 0 Å². The maximum atomic E-state index is 12.6. The van der Waals surface area contributed by atoms with E-state index in [0.717, 1.165) is 24.2 Å². The van der Waals surface area contributed by atoms with Gasteiger partial charge in [0.05, 0.1) is 12.1 Å². The number of para-hydroxylation sites is 1. The third kappa shape index (κ3) is 4.20. The molecule has 0 spiro atoms. The SMILES string of the molecule is COc1ccc(CN(C(=O)COc2ccccc2Cl)C2CC2)cc1. The molecule has 0 N–H and O–H groups in total. The number of methoxy groups -OCH3 is 1. The van der Waals surface area contributed by atoms with Crippen LogP contribution in [0.2, 0.25) is 5.02 Å². The summed E-state index contributed by atoms with van der Waals surface area (Å²) in [5, 5.41) is 0.512. The normalized spacial score (nSPS) is 13.4. The Morgan fingerprint density at radius 3 is 2.50 bits per heavy atom. The van der Waals surface area contributed by atoms with E-state index in [0.29, 0.717) is 23.4 Å². The third-order valence-corrected chi connectivity index (χ3v) is 4.32. The number of amides is 1. The molecular formula is C19H20ClNO3. The lowest BCUT2D eigenvalue weighted by molar-refractivity contribution is -0.134. The molecule has 1 aliphatic rings. The molecule has 0 saturated heterocycles.